The van der Waals surface area contributed by atoms with Gasteiger partial charge in [-0.05, 0) is 36.2 Å². The molecule has 0 bridgehead atoms. The molecule has 0 saturated carbocycles. The van der Waals surface area contributed by atoms with Gasteiger partial charge in [-0.1, -0.05) is 23.2 Å². The number of rotatable bonds is 6. The molecule has 28 heavy (non-hydrogen) atoms. The van der Waals surface area contributed by atoms with Crippen molar-refractivity contribution in [2.45, 2.75) is 13.3 Å². The van der Waals surface area contributed by atoms with Gasteiger partial charge in [0.25, 0.3) is 5.91 Å². The molecule has 0 aliphatic heterocycles. The van der Waals surface area contributed by atoms with E-state index in [-0.39, 0.29) is 16.8 Å². The minimum atomic E-state index is -0.314. The van der Waals surface area contributed by atoms with Crippen LogP contribution in [0.5, 0.6) is 5.75 Å². The zero-order valence-corrected chi connectivity index (χ0v) is 16.9. The third-order valence-corrected chi connectivity index (χ3v) is 4.80. The number of carbonyl (C=O) groups is 2. The molecule has 3 rings (SSSR count). The van der Waals surface area contributed by atoms with Gasteiger partial charge in [-0.25, -0.2) is 0 Å². The van der Waals surface area contributed by atoms with Crippen LogP contribution in [-0.2, 0) is 11.2 Å². The quantitative estimate of drug-likeness (QED) is 0.552. The zero-order valence-electron chi connectivity index (χ0n) is 15.4. The molecule has 3 N–H and O–H groups in total. The fourth-order valence-corrected chi connectivity index (χ4v) is 3.33. The third-order valence-electron chi connectivity index (χ3n) is 4.25. The fourth-order valence-electron chi connectivity index (χ4n) is 2.95. The summed E-state index contributed by atoms with van der Waals surface area (Å²) in [4.78, 5) is 27.0. The molecule has 0 aliphatic carbocycles. The number of aromatic amines is 1. The van der Waals surface area contributed by atoms with E-state index in [1.54, 1.807) is 0 Å². The average molecular weight is 420 g/mol. The second-order valence-corrected chi connectivity index (χ2v) is 7.07. The number of aromatic nitrogens is 1. The number of anilines is 1. The molecule has 0 aliphatic rings. The van der Waals surface area contributed by atoms with Crippen LogP contribution in [0.15, 0.2) is 36.5 Å². The highest BCUT2D eigenvalue weighted by atomic mass is 35.5. The molecule has 0 fully saturated rings. The summed E-state index contributed by atoms with van der Waals surface area (Å²) in [6.07, 6.45) is 2.54. The lowest BCUT2D eigenvalue weighted by Crippen LogP contribution is -2.26. The summed E-state index contributed by atoms with van der Waals surface area (Å²) in [7, 11) is 1.45. The second kappa shape index (κ2) is 8.54. The van der Waals surface area contributed by atoms with Crippen LogP contribution in [0, 0.1) is 0 Å². The van der Waals surface area contributed by atoms with Crippen LogP contribution in [0.25, 0.3) is 10.9 Å². The number of ether oxygens (including phenoxy) is 1. The number of halogens is 2. The van der Waals surface area contributed by atoms with Gasteiger partial charge in [-0.15, -0.1) is 0 Å². The molecular formula is C20H19Cl2N3O3. The molecule has 0 unspecified atom stereocenters. The van der Waals surface area contributed by atoms with Crippen LogP contribution in [0.1, 0.15) is 22.8 Å². The summed E-state index contributed by atoms with van der Waals surface area (Å²) >= 11 is 12.2. The van der Waals surface area contributed by atoms with Crippen LogP contribution in [-0.4, -0.2) is 30.5 Å². The largest absolute Gasteiger partial charge is 0.496 e. The predicted molar refractivity (Wildman–Crippen MR) is 112 cm³/mol. The van der Waals surface area contributed by atoms with Gasteiger partial charge in [0.15, 0.2) is 0 Å². The molecule has 0 spiro atoms. The standard InChI is InChI=1S/C20H19Cl2N3O3/c1-11(26)25-18-9-19(28-2)15(8-16(18)22)20(27)23-6-5-12-10-24-17-4-3-13(21)7-14(12)17/h3-4,7-10,24H,5-6H2,1-2H3,(H,23,27)(H,25,26). The Morgan fingerprint density at radius 2 is 1.96 bits per heavy atom. The lowest BCUT2D eigenvalue weighted by Gasteiger charge is -2.13. The van der Waals surface area contributed by atoms with E-state index >= 15 is 0 Å². The average Bonchev–Trinajstić information content (AvgIpc) is 3.04. The minimum Gasteiger partial charge on any atom is -0.496 e. The molecule has 2 aromatic carbocycles. The Hall–Kier alpha value is -2.70. The van der Waals surface area contributed by atoms with E-state index in [9.17, 15) is 9.59 Å². The SMILES string of the molecule is COc1cc(NC(C)=O)c(Cl)cc1C(=O)NCCc1c[nH]c2ccc(Cl)cc12. The van der Waals surface area contributed by atoms with E-state index in [0.29, 0.717) is 35.0 Å². The van der Waals surface area contributed by atoms with E-state index in [1.165, 1.54) is 26.2 Å². The smallest absolute Gasteiger partial charge is 0.255 e. The summed E-state index contributed by atoms with van der Waals surface area (Å²) in [5.74, 6) is -0.254. The van der Waals surface area contributed by atoms with Gasteiger partial charge in [0.2, 0.25) is 5.91 Å². The van der Waals surface area contributed by atoms with Crippen LogP contribution in [0.2, 0.25) is 10.0 Å². The Balaban J connectivity index is 1.71. The minimum absolute atomic E-state index is 0.257. The molecule has 6 nitrogen and oxygen atoms in total. The van der Waals surface area contributed by atoms with Crippen molar-refractivity contribution in [3.63, 3.8) is 0 Å². The van der Waals surface area contributed by atoms with Crippen molar-refractivity contribution in [2.75, 3.05) is 19.0 Å². The predicted octanol–water partition coefficient (Wildman–Crippen LogP) is 4.41. The summed E-state index contributed by atoms with van der Waals surface area (Å²) in [6.45, 7) is 1.80. The van der Waals surface area contributed by atoms with Crippen LogP contribution in [0.4, 0.5) is 5.69 Å². The molecular weight excluding hydrogens is 401 g/mol. The van der Waals surface area contributed by atoms with Crippen LogP contribution >= 0.6 is 23.2 Å². The number of fused-ring (bicyclic) bond motifs is 1. The van der Waals surface area contributed by atoms with Gasteiger partial charge in [0.1, 0.15) is 5.75 Å². The molecule has 0 saturated heterocycles. The summed E-state index contributed by atoms with van der Waals surface area (Å²) < 4.78 is 5.28. The number of H-pyrrole nitrogens is 1. The summed E-state index contributed by atoms with van der Waals surface area (Å²) in [5.41, 5.74) is 2.73. The van der Waals surface area contributed by atoms with E-state index in [1.807, 2.05) is 24.4 Å². The highest BCUT2D eigenvalue weighted by Crippen LogP contribution is 2.31. The Morgan fingerprint density at radius 3 is 2.68 bits per heavy atom. The molecule has 0 atom stereocenters. The number of hydrogen-bond donors (Lipinski definition) is 3. The monoisotopic (exact) mass is 419 g/mol. The topological polar surface area (TPSA) is 83.2 Å². The first-order valence-electron chi connectivity index (χ1n) is 8.58. The Labute approximate surface area is 172 Å². The zero-order chi connectivity index (χ0) is 20.3. The number of nitrogens with one attached hydrogen (secondary N) is 3. The molecule has 0 radical (unpaired) electrons. The van der Waals surface area contributed by atoms with Gasteiger partial charge < -0.3 is 20.4 Å². The van der Waals surface area contributed by atoms with Gasteiger partial charge >= 0.3 is 0 Å². The molecule has 1 aromatic heterocycles. The van der Waals surface area contributed by atoms with Crippen molar-refractivity contribution in [1.82, 2.24) is 10.3 Å². The Morgan fingerprint density at radius 1 is 1.18 bits per heavy atom. The van der Waals surface area contributed by atoms with Crippen LogP contribution < -0.4 is 15.4 Å². The molecule has 8 heteroatoms. The normalized spacial score (nSPS) is 10.7. The molecule has 1 heterocycles. The first-order chi connectivity index (χ1) is 13.4. The summed E-state index contributed by atoms with van der Waals surface area (Å²) in [5, 5.41) is 7.42. The van der Waals surface area contributed by atoms with Gasteiger partial charge in [-0.2, -0.15) is 0 Å². The third kappa shape index (κ3) is 4.40. The van der Waals surface area contributed by atoms with Gasteiger partial charge in [0, 0.05) is 41.7 Å². The number of carbonyl (C=O) groups excluding carboxylic acids is 2. The van der Waals surface area contributed by atoms with E-state index in [2.05, 4.69) is 15.6 Å². The molecule has 146 valence electrons. The van der Waals surface area contributed by atoms with Gasteiger partial charge in [-0.3, -0.25) is 9.59 Å². The van der Waals surface area contributed by atoms with E-state index in [0.717, 1.165) is 16.5 Å². The highest BCUT2D eigenvalue weighted by molar-refractivity contribution is 6.34. The maximum Gasteiger partial charge on any atom is 0.255 e. The van der Waals surface area contributed by atoms with E-state index in [4.69, 9.17) is 27.9 Å². The lowest BCUT2D eigenvalue weighted by molar-refractivity contribution is -0.114. The maximum atomic E-state index is 12.6. The molecule has 2 amide bonds. The van der Waals surface area contributed by atoms with Crippen molar-refractivity contribution in [3.05, 3.63) is 57.7 Å². The number of hydrogen-bond acceptors (Lipinski definition) is 3. The Kier molecular flexibility index (Phi) is 6.11. The van der Waals surface area contributed by atoms with E-state index < -0.39 is 0 Å². The number of benzene rings is 2. The van der Waals surface area contributed by atoms with Crippen molar-refractivity contribution in [1.29, 1.82) is 0 Å². The second-order valence-electron chi connectivity index (χ2n) is 6.22. The van der Waals surface area contributed by atoms with Gasteiger partial charge in [0.05, 0.1) is 23.4 Å². The maximum absolute atomic E-state index is 12.6. The van der Waals surface area contributed by atoms with Crippen molar-refractivity contribution < 1.29 is 14.3 Å². The Bertz CT molecular complexity index is 1050. The van der Waals surface area contributed by atoms with Crippen molar-refractivity contribution >= 4 is 51.6 Å². The van der Waals surface area contributed by atoms with Crippen LogP contribution in [0.3, 0.4) is 0 Å². The first-order valence-corrected chi connectivity index (χ1v) is 9.33. The number of methoxy groups -OCH3 is 1. The number of amides is 2. The lowest BCUT2D eigenvalue weighted by atomic mass is 10.1. The molecule has 3 aromatic rings. The fraction of sp³-hybridized carbons (Fsp3) is 0.200. The van der Waals surface area contributed by atoms with Crippen molar-refractivity contribution in [2.24, 2.45) is 0 Å². The summed E-state index contributed by atoms with van der Waals surface area (Å²) in [6, 6.07) is 8.65. The highest BCUT2D eigenvalue weighted by Gasteiger charge is 2.16. The first kappa shape index (κ1) is 20.0. The van der Waals surface area contributed by atoms with Crippen molar-refractivity contribution in [3.8, 4) is 5.75 Å².